The van der Waals surface area contributed by atoms with Crippen LogP contribution in [0.3, 0.4) is 0 Å². The van der Waals surface area contributed by atoms with Crippen LogP contribution in [0.15, 0.2) is 66.6 Å². The number of nitrogen functional groups attached to an aromatic ring is 1. The van der Waals surface area contributed by atoms with Gasteiger partial charge in [0.2, 0.25) is 5.91 Å². The van der Waals surface area contributed by atoms with Crippen molar-refractivity contribution < 1.29 is 52.7 Å². The van der Waals surface area contributed by atoms with Crippen molar-refractivity contribution in [2.75, 3.05) is 69.6 Å². The summed E-state index contributed by atoms with van der Waals surface area (Å²) < 4.78 is 36.4. The molecular weight excluding hydrogens is 889 g/mol. The van der Waals surface area contributed by atoms with Crippen LogP contribution in [0.25, 0.3) is 5.57 Å². The number of aliphatic hydroxyl groups is 1. The van der Waals surface area contributed by atoms with E-state index in [1.807, 2.05) is 12.1 Å². The normalized spacial score (nSPS) is 19.6. The van der Waals surface area contributed by atoms with E-state index in [4.69, 9.17) is 34.2 Å². The molecule has 4 aliphatic rings. The van der Waals surface area contributed by atoms with Crippen LogP contribution in [0, 0.1) is 11.8 Å². The van der Waals surface area contributed by atoms with Gasteiger partial charge in [0.25, 0.3) is 11.8 Å². The zero-order chi connectivity index (χ0) is 48.2. The lowest BCUT2D eigenvalue weighted by atomic mass is 9.76. The first kappa shape index (κ1) is 49.3. The maximum absolute atomic E-state index is 14.5. The molecule has 0 bridgehead atoms. The van der Waals surface area contributed by atoms with Gasteiger partial charge < -0.3 is 44.2 Å². The molecule has 0 saturated heterocycles. The fourth-order valence-electron chi connectivity index (χ4n) is 8.70. The molecule has 3 aromatic carbocycles. The number of nitrogens with zero attached hydrogens (tertiary/aromatic N) is 3. The predicted octanol–water partition coefficient (Wildman–Crippen LogP) is 8.75. The minimum Gasteiger partial charge on any atom is -0.513 e. The van der Waals surface area contributed by atoms with Crippen molar-refractivity contribution in [1.82, 2.24) is 4.90 Å². The molecule has 0 aromatic heterocycles. The number of carbonyl (C=O) groups is 4. The van der Waals surface area contributed by atoms with E-state index in [1.165, 1.54) is 28.9 Å². The van der Waals surface area contributed by atoms with Gasteiger partial charge in [0.05, 0.1) is 50.1 Å². The highest BCUT2D eigenvalue weighted by Gasteiger charge is 2.44. The molecule has 3 aromatic rings. The number of anilines is 3. The van der Waals surface area contributed by atoms with E-state index in [9.17, 15) is 24.3 Å². The van der Waals surface area contributed by atoms with E-state index in [-0.39, 0.29) is 80.3 Å². The average Bonchev–Trinajstić information content (AvgIpc) is 3.71. The SMILES string of the molecule is COc1cc2c(cc1OCCCOc1cc3c(cc1OC)C(=O)N1C=C(c4ccc(N)cc4)C[C@H]1C(=O)N3COCC[Si](C)(C)C)N(COCC[Si](C)(C)C)C(=O)[C@@H]1CC(O)=CCC1CC2=O. The van der Waals surface area contributed by atoms with Gasteiger partial charge in [0.15, 0.2) is 28.8 Å². The summed E-state index contributed by atoms with van der Waals surface area (Å²) in [5.74, 6) is -0.345. The minimum atomic E-state index is -1.44. The summed E-state index contributed by atoms with van der Waals surface area (Å²) >= 11 is 0. The Labute approximate surface area is 395 Å². The van der Waals surface area contributed by atoms with E-state index in [2.05, 4.69) is 39.3 Å². The highest BCUT2D eigenvalue weighted by molar-refractivity contribution is 6.76. The molecule has 3 N–H and O–H groups in total. The Morgan fingerprint density at radius 2 is 1.24 bits per heavy atom. The highest BCUT2D eigenvalue weighted by Crippen LogP contribution is 2.44. The first-order valence-electron chi connectivity index (χ1n) is 23.1. The molecule has 1 aliphatic carbocycles. The molecule has 0 saturated carbocycles. The van der Waals surface area contributed by atoms with Crippen LogP contribution in [0.5, 0.6) is 23.0 Å². The van der Waals surface area contributed by atoms with Crippen LogP contribution >= 0.6 is 0 Å². The first-order valence-corrected chi connectivity index (χ1v) is 30.6. The highest BCUT2D eigenvalue weighted by atomic mass is 28.3. The molecular formula is C50H66N4O11Si2. The Balaban J connectivity index is 1.10. The number of rotatable bonds is 19. The molecule has 15 nitrogen and oxygen atoms in total. The van der Waals surface area contributed by atoms with Crippen LogP contribution in [-0.4, -0.2) is 110 Å². The Hall–Kier alpha value is -5.63. The fourth-order valence-corrected chi connectivity index (χ4v) is 10.2. The smallest absolute Gasteiger partial charge is 0.260 e. The van der Waals surface area contributed by atoms with Crippen molar-refractivity contribution in [2.24, 2.45) is 11.8 Å². The molecule has 3 aliphatic heterocycles. The molecule has 360 valence electrons. The lowest BCUT2D eigenvalue weighted by Gasteiger charge is -2.36. The minimum absolute atomic E-state index is 0.0483. The Kier molecular flexibility index (Phi) is 15.2. The number of fused-ring (bicyclic) bond motifs is 4. The Morgan fingerprint density at radius 1 is 0.687 bits per heavy atom. The summed E-state index contributed by atoms with van der Waals surface area (Å²) in [6, 6.07) is 15.0. The number of aliphatic hydroxyl groups excluding tert-OH is 1. The number of hydrogen-bond acceptors (Lipinski definition) is 12. The van der Waals surface area contributed by atoms with Gasteiger partial charge >= 0.3 is 0 Å². The van der Waals surface area contributed by atoms with Gasteiger partial charge in [-0.1, -0.05) is 51.4 Å². The quantitative estimate of drug-likeness (QED) is 0.0664. The second kappa shape index (κ2) is 20.7. The number of carbonyl (C=O) groups excluding carboxylic acids is 4. The van der Waals surface area contributed by atoms with Gasteiger partial charge in [-0.3, -0.25) is 29.0 Å². The van der Waals surface area contributed by atoms with E-state index in [0.717, 1.165) is 23.2 Å². The number of amides is 3. The third-order valence-electron chi connectivity index (χ3n) is 12.7. The number of nitrogens with two attached hydrogens (primary N) is 1. The Morgan fingerprint density at radius 3 is 1.81 bits per heavy atom. The summed E-state index contributed by atoms with van der Waals surface area (Å²) in [6.07, 6.45) is 4.89. The third-order valence-corrected chi connectivity index (χ3v) is 16.1. The molecule has 7 rings (SSSR count). The predicted molar refractivity (Wildman–Crippen MR) is 264 cm³/mol. The number of ketones is 1. The van der Waals surface area contributed by atoms with Crippen molar-refractivity contribution in [3.05, 3.63) is 83.3 Å². The number of benzene rings is 3. The van der Waals surface area contributed by atoms with Crippen molar-refractivity contribution in [3.63, 3.8) is 0 Å². The molecule has 0 fully saturated rings. The second-order valence-electron chi connectivity index (χ2n) is 20.2. The van der Waals surface area contributed by atoms with Crippen molar-refractivity contribution in [3.8, 4) is 23.0 Å². The number of allylic oxidation sites excluding steroid dienone is 2. The van der Waals surface area contributed by atoms with E-state index < -0.39 is 28.1 Å². The number of hydrogen-bond donors (Lipinski definition) is 2. The maximum Gasteiger partial charge on any atom is 0.260 e. The topological polar surface area (TPSA) is 180 Å². The molecule has 17 heteroatoms. The van der Waals surface area contributed by atoms with Gasteiger partial charge in [0, 0.05) is 90.5 Å². The zero-order valence-electron chi connectivity index (χ0n) is 40.1. The fraction of sp³-hybridized carbons (Fsp3) is 0.480. The molecule has 3 atom stereocenters. The Bertz CT molecular complexity index is 2410. The molecule has 1 unspecified atom stereocenters. The van der Waals surface area contributed by atoms with Gasteiger partial charge in [-0.2, -0.15) is 0 Å². The van der Waals surface area contributed by atoms with Gasteiger partial charge in [-0.05, 0) is 65.9 Å². The molecule has 3 heterocycles. The molecule has 67 heavy (non-hydrogen) atoms. The molecule has 3 amide bonds. The van der Waals surface area contributed by atoms with Crippen LogP contribution in [0.4, 0.5) is 17.1 Å². The van der Waals surface area contributed by atoms with Gasteiger partial charge in [-0.25, -0.2) is 0 Å². The van der Waals surface area contributed by atoms with Gasteiger partial charge in [-0.15, -0.1) is 0 Å². The molecule has 0 spiro atoms. The van der Waals surface area contributed by atoms with Gasteiger partial charge in [0.1, 0.15) is 19.5 Å². The summed E-state index contributed by atoms with van der Waals surface area (Å²) in [5, 5.41) is 10.5. The van der Waals surface area contributed by atoms with Crippen molar-refractivity contribution >= 4 is 62.3 Å². The van der Waals surface area contributed by atoms with Crippen molar-refractivity contribution in [2.45, 2.75) is 89.5 Å². The summed E-state index contributed by atoms with van der Waals surface area (Å²) in [4.78, 5) is 61.7. The van der Waals surface area contributed by atoms with E-state index in [0.29, 0.717) is 78.1 Å². The van der Waals surface area contributed by atoms with Crippen LogP contribution in [0.2, 0.25) is 51.4 Å². The summed E-state index contributed by atoms with van der Waals surface area (Å²) in [6.45, 7) is 14.7. The summed E-state index contributed by atoms with van der Waals surface area (Å²) in [7, 11) is 0.122. The average molecular weight is 955 g/mol. The summed E-state index contributed by atoms with van der Waals surface area (Å²) in [5.41, 5.74) is 9.64. The number of ether oxygens (including phenoxy) is 6. The lowest BCUT2D eigenvalue weighted by molar-refractivity contribution is -0.126. The van der Waals surface area contributed by atoms with E-state index in [1.54, 1.807) is 48.7 Å². The largest absolute Gasteiger partial charge is 0.513 e. The van der Waals surface area contributed by atoms with Crippen LogP contribution in [0.1, 0.15) is 58.4 Å². The first-order chi connectivity index (χ1) is 31.8. The second-order valence-corrected chi connectivity index (χ2v) is 31.4. The monoisotopic (exact) mass is 954 g/mol. The lowest BCUT2D eigenvalue weighted by Crippen LogP contribution is -2.45. The van der Waals surface area contributed by atoms with E-state index >= 15 is 0 Å². The third kappa shape index (κ3) is 11.6. The standard InChI is InChI=1S/C50H66N4O11Si2/c1-60-44-25-38-40(53(30-62-18-20-66(3,4)5)48(57)37-24-36(55)15-12-33(37)23-43(38)56)27-46(44)64-16-9-17-65-47-28-41-39(26-45(47)61-2)49(58)52-29-34(32-10-13-35(51)14-11-32)22-42(52)50(59)54(41)31-63-19-21-67(6,7)8/h10-11,13-15,25-29,33,37,42,55H,9,12,16-24,30-31,51H2,1-8H3/t33?,37-,42+/m1/s1. The zero-order valence-corrected chi connectivity index (χ0v) is 42.1. The van der Waals surface area contributed by atoms with Crippen LogP contribution < -0.4 is 34.5 Å². The number of methoxy groups -OCH3 is 2. The molecule has 0 radical (unpaired) electrons. The van der Waals surface area contributed by atoms with Crippen molar-refractivity contribution in [1.29, 1.82) is 0 Å². The number of Topliss-reactive ketones (excluding diaryl/α,β-unsaturated/α-hetero) is 1. The maximum atomic E-state index is 14.5. The van der Waals surface area contributed by atoms with Crippen LogP contribution in [-0.2, 0) is 19.1 Å².